The summed E-state index contributed by atoms with van der Waals surface area (Å²) < 4.78 is 36.8. The van der Waals surface area contributed by atoms with E-state index in [1.807, 2.05) is 31.0 Å². The molecule has 27 heavy (non-hydrogen) atoms. The minimum absolute atomic E-state index is 0.117. The van der Waals surface area contributed by atoms with Gasteiger partial charge in [-0.15, -0.1) is 0 Å². The van der Waals surface area contributed by atoms with Gasteiger partial charge in [0.25, 0.3) is 6.01 Å². The molecule has 0 spiro atoms. The first-order valence-corrected chi connectivity index (χ1v) is 7.43. The number of carboxylic acid groups (broad SMARTS) is 2. The van der Waals surface area contributed by atoms with Crippen molar-refractivity contribution in [2.75, 3.05) is 23.8 Å². The number of oxazole rings is 1. The van der Waals surface area contributed by atoms with Crippen molar-refractivity contribution >= 4 is 23.8 Å². The molecule has 0 unspecified atom stereocenters. The zero-order chi connectivity index (χ0) is 20.6. The standard InChI is InChI=1S/C13H16N4O3.C2HF3O2/c1-3-17(2)11-6-9(4-5-14-11)7-15-13-16-10(8-20-13)12(18)19;3-2(4,5)1(6)7/h4-6,8H,3,7H2,1-2H3,(H,15,16)(H,18,19);(H,6,7). The molecule has 9 nitrogen and oxygen atoms in total. The van der Waals surface area contributed by atoms with Crippen LogP contribution in [0.1, 0.15) is 23.0 Å². The highest BCUT2D eigenvalue weighted by atomic mass is 19.4. The normalized spacial score (nSPS) is 10.6. The van der Waals surface area contributed by atoms with Gasteiger partial charge in [0.05, 0.1) is 0 Å². The van der Waals surface area contributed by atoms with Gasteiger partial charge in [0.15, 0.2) is 5.69 Å². The number of hydrogen-bond donors (Lipinski definition) is 3. The summed E-state index contributed by atoms with van der Waals surface area (Å²) in [6.07, 6.45) is -2.25. The fraction of sp³-hybridized carbons (Fsp3) is 0.333. The Hall–Kier alpha value is -3.31. The number of nitrogens with one attached hydrogen (secondary N) is 1. The average Bonchev–Trinajstić information content (AvgIpc) is 3.08. The second kappa shape index (κ2) is 9.40. The summed E-state index contributed by atoms with van der Waals surface area (Å²) in [6, 6.07) is 4.02. The molecular formula is C15H17F3N4O5. The lowest BCUT2D eigenvalue weighted by Crippen LogP contribution is -2.21. The predicted octanol–water partition coefficient (Wildman–Crippen LogP) is 2.47. The van der Waals surface area contributed by atoms with Crippen LogP contribution in [0.2, 0.25) is 0 Å². The van der Waals surface area contributed by atoms with Crippen LogP contribution in [-0.2, 0) is 11.3 Å². The van der Waals surface area contributed by atoms with Crippen LogP contribution in [0.4, 0.5) is 25.0 Å². The molecule has 2 heterocycles. The van der Waals surface area contributed by atoms with E-state index < -0.39 is 18.1 Å². The number of aromatic nitrogens is 2. The van der Waals surface area contributed by atoms with Gasteiger partial charge in [0.2, 0.25) is 0 Å². The molecule has 0 radical (unpaired) electrons. The first-order chi connectivity index (χ1) is 12.5. The van der Waals surface area contributed by atoms with Crippen LogP contribution in [0.3, 0.4) is 0 Å². The highest BCUT2D eigenvalue weighted by Crippen LogP contribution is 2.14. The fourth-order valence-electron chi connectivity index (χ4n) is 1.57. The Morgan fingerprint density at radius 2 is 1.96 bits per heavy atom. The summed E-state index contributed by atoms with van der Waals surface area (Å²) in [5, 5.41) is 18.8. The quantitative estimate of drug-likeness (QED) is 0.681. The first-order valence-electron chi connectivity index (χ1n) is 7.43. The lowest BCUT2D eigenvalue weighted by molar-refractivity contribution is -0.192. The number of nitrogens with zero attached hydrogens (tertiary/aromatic N) is 3. The number of hydrogen-bond acceptors (Lipinski definition) is 7. The minimum atomic E-state index is -5.08. The van der Waals surface area contributed by atoms with E-state index in [4.69, 9.17) is 19.4 Å². The maximum absolute atomic E-state index is 10.7. The van der Waals surface area contributed by atoms with Crippen LogP contribution in [0, 0.1) is 0 Å². The number of carboxylic acids is 2. The minimum Gasteiger partial charge on any atom is -0.476 e. The maximum atomic E-state index is 10.7. The van der Waals surface area contributed by atoms with Crippen LogP contribution < -0.4 is 10.2 Å². The lowest BCUT2D eigenvalue weighted by atomic mass is 10.2. The Labute approximate surface area is 151 Å². The van der Waals surface area contributed by atoms with E-state index >= 15 is 0 Å². The van der Waals surface area contributed by atoms with Crippen molar-refractivity contribution in [3.63, 3.8) is 0 Å². The van der Waals surface area contributed by atoms with Crippen molar-refractivity contribution in [3.05, 3.63) is 35.9 Å². The number of rotatable bonds is 6. The van der Waals surface area contributed by atoms with Gasteiger partial charge in [-0.1, -0.05) is 0 Å². The number of alkyl halides is 3. The van der Waals surface area contributed by atoms with Gasteiger partial charge in [-0.05, 0) is 24.6 Å². The molecule has 148 valence electrons. The van der Waals surface area contributed by atoms with Gasteiger partial charge < -0.3 is 24.8 Å². The third kappa shape index (κ3) is 7.22. The second-order valence-electron chi connectivity index (χ2n) is 5.04. The third-order valence-electron chi connectivity index (χ3n) is 3.08. The molecule has 3 N–H and O–H groups in total. The molecular weight excluding hydrogens is 373 g/mol. The summed E-state index contributed by atoms with van der Waals surface area (Å²) in [5.74, 6) is -2.99. The van der Waals surface area contributed by atoms with Gasteiger partial charge in [-0.25, -0.2) is 14.6 Å². The first kappa shape index (κ1) is 21.7. The van der Waals surface area contributed by atoms with E-state index in [1.165, 1.54) is 0 Å². The number of halogens is 3. The lowest BCUT2D eigenvalue weighted by Gasteiger charge is -2.16. The number of anilines is 2. The molecule has 2 aromatic rings. The highest BCUT2D eigenvalue weighted by Gasteiger charge is 2.38. The van der Waals surface area contributed by atoms with E-state index in [2.05, 4.69) is 15.3 Å². The monoisotopic (exact) mass is 390 g/mol. The van der Waals surface area contributed by atoms with E-state index in [0.717, 1.165) is 24.2 Å². The SMILES string of the molecule is CCN(C)c1cc(CNc2nc(C(=O)O)co2)ccn1.O=C(O)C(F)(F)F. The van der Waals surface area contributed by atoms with Gasteiger partial charge in [-0.2, -0.15) is 18.2 Å². The number of aromatic carboxylic acids is 1. The smallest absolute Gasteiger partial charge is 0.476 e. The molecule has 0 saturated heterocycles. The molecule has 0 saturated carbocycles. The Balaban J connectivity index is 0.000000445. The van der Waals surface area contributed by atoms with Crippen molar-refractivity contribution in [1.29, 1.82) is 0 Å². The Kier molecular flexibility index (Phi) is 7.57. The van der Waals surface area contributed by atoms with Crippen molar-refractivity contribution in [1.82, 2.24) is 9.97 Å². The fourth-order valence-corrected chi connectivity index (χ4v) is 1.57. The summed E-state index contributed by atoms with van der Waals surface area (Å²) in [5.41, 5.74) is 0.888. The summed E-state index contributed by atoms with van der Waals surface area (Å²) in [4.78, 5) is 29.7. The van der Waals surface area contributed by atoms with Crippen LogP contribution in [0.25, 0.3) is 0 Å². The topological polar surface area (TPSA) is 129 Å². The molecule has 0 bridgehead atoms. The van der Waals surface area contributed by atoms with Crippen LogP contribution in [0.15, 0.2) is 29.0 Å². The Bertz CT molecular complexity index is 779. The van der Waals surface area contributed by atoms with E-state index in [9.17, 15) is 18.0 Å². The molecule has 0 amide bonds. The van der Waals surface area contributed by atoms with Crippen LogP contribution >= 0.6 is 0 Å². The molecule has 2 rings (SSSR count). The molecule has 0 atom stereocenters. The Morgan fingerprint density at radius 1 is 1.33 bits per heavy atom. The van der Waals surface area contributed by atoms with Crippen LogP contribution in [0.5, 0.6) is 0 Å². The van der Waals surface area contributed by atoms with Crippen molar-refractivity contribution in [2.45, 2.75) is 19.6 Å². The van der Waals surface area contributed by atoms with Crippen molar-refractivity contribution < 1.29 is 37.4 Å². The molecule has 0 aliphatic carbocycles. The van der Waals surface area contributed by atoms with Crippen molar-refractivity contribution in [2.24, 2.45) is 0 Å². The maximum Gasteiger partial charge on any atom is 0.490 e. The predicted molar refractivity (Wildman–Crippen MR) is 87.7 cm³/mol. The summed E-state index contributed by atoms with van der Waals surface area (Å²) >= 11 is 0. The molecule has 0 aliphatic rings. The zero-order valence-corrected chi connectivity index (χ0v) is 14.3. The van der Waals surface area contributed by atoms with Gasteiger partial charge in [0.1, 0.15) is 12.1 Å². The number of aliphatic carboxylic acids is 1. The molecule has 0 aliphatic heterocycles. The van der Waals surface area contributed by atoms with Gasteiger partial charge in [-0.3, -0.25) is 0 Å². The summed E-state index contributed by atoms with van der Waals surface area (Å²) in [6.45, 7) is 3.39. The second-order valence-corrected chi connectivity index (χ2v) is 5.04. The Morgan fingerprint density at radius 3 is 2.44 bits per heavy atom. The largest absolute Gasteiger partial charge is 0.490 e. The number of carbonyl (C=O) groups is 2. The van der Waals surface area contributed by atoms with Gasteiger partial charge >= 0.3 is 18.1 Å². The van der Waals surface area contributed by atoms with Crippen LogP contribution in [-0.4, -0.2) is 51.9 Å². The van der Waals surface area contributed by atoms with Crippen molar-refractivity contribution in [3.8, 4) is 0 Å². The van der Waals surface area contributed by atoms with E-state index in [0.29, 0.717) is 6.54 Å². The zero-order valence-electron chi connectivity index (χ0n) is 14.3. The number of pyridine rings is 1. The molecule has 12 heteroatoms. The molecule has 0 fully saturated rings. The average molecular weight is 390 g/mol. The van der Waals surface area contributed by atoms with E-state index in [1.54, 1.807) is 6.20 Å². The third-order valence-corrected chi connectivity index (χ3v) is 3.08. The molecule has 0 aromatic carbocycles. The summed E-state index contributed by atoms with van der Waals surface area (Å²) in [7, 11) is 1.97. The van der Waals surface area contributed by atoms with Gasteiger partial charge in [0, 0.05) is 26.3 Å². The molecule has 2 aromatic heterocycles. The highest BCUT2D eigenvalue weighted by molar-refractivity contribution is 5.85. The van der Waals surface area contributed by atoms with E-state index in [-0.39, 0.29) is 11.7 Å².